The standard InChI is InChI=1S/C26H30N4O2/c1-30-25(31)23-15-21(20-5-3-4-17(14-20)16-27)9-7-18(23)6-8-19-10-11-22(32-2)12-13-24(19)29-26(30)28/h3-5,7,9,14-15,19,22,24H,6,8,10-13H2,1-2H3,(H2,28,29). The van der Waals surface area contributed by atoms with E-state index < -0.39 is 0 Å². The van der Waals surface area contributed by atoms with E-state index in [1.54, 1.807) is 20.2 Å². The van der Waals surface area contributed by atoms with E-state index in [2.05, 4.69) is 6.07 Å². The second-order valence-corrected chi connectivity index (χ2v) is 8.79. The van der Waals surface area contributed by atoms with Gasteiger partial charge >= 0.3 is 0 Å². The summed E-state index contributed by atoms with van der Waals surface area (Å²) in [5.41, 5.74) is 10.4. The fourth-order valence-electron chi connectivity index (χ4n) is 4.89. The molecular formula is C26H30N4O2. The minimum Gasteiger partial charge on any atom is -0.381 e. The number of hydrogen-bond donors (Lipinski definition) is 1. The zero-order valence-corrected chi connectivity index (χ0v) is 18.8. The van der Waals surface area contributed by atoms with E-state index in [1.165, 1.54) is 4.90 Å². The van der Waals surface area contributed by atoms with E-state index in [-0.39, 0.29) is 24.0 Å². The molecule has 2 N–H and O–H groups in total. The first kappa shape index (κ1) is 22.0. The number of aliphatic imine (C=N–C) groups is 1. The van der Waals surface area contributed by atoms with Crippen LogP contribution in [0.5, 0.6) is 0 Å². The number of amides is 1. The van der Waals surface area contributed by atoms with Crippen LogP contribution in [0.25, 0.3) is 11.1 Å². The SMILES string of the molecule is COC1CCC2CCc3ccc(-c4cccc(C#N)c4)cc3C(=O)N(C)C(N)=NC2CC1. The van der Waals surface area contributed by atoms with Gasteiger partial charge in [0.15, 0.2) is 5.96 Å². The van der Waals surface area contributed by atoms with Gasteiger partial charge in [0, 0.05) is 19.7 Å². The van der Waals surface area contributed by atoms with Gasteiger partial charge in [0.05, 0.1) is 23.8 Å². The molecule has 0 bridgehead atoms. The van der Waals surface area contributed by atoms with Crippen LogP contribution in [-0.2, 0) is 11.2 Å². The van der Waals surface area contributed by atoms with Gasteiger partial charge in [-0.3, -0.25) is 9.69 Å². The lowest BCUT2D eigenvalue weighted by atomic mass is 9.87. The van der Waals surface area contributed by atoms with Crippen LogP contribution in [0.15, 0.2) is 47.5 Å². The molecule has 0 aromatic heterocycles. The molecule has 4 rings (SSSR count). The summed E-state index contributed by atoms with van der Waals surface area (Å²) in [5, 5.41) is 9.23. The fraction of sp³-hybridized carbons (Fsp3) is 0.423. The number of aryl methyl sites for hydroxylation is 1. The first-order valence-corrected chi connectivity index (χ1v) is 11.3. The Balaban J connectivity index is 1.71. The van der Waals surface area contributed by atoms with Crippen LogP contribution in [0.2, 0.25) is 0 Å². The van der Waals surface area contributed by atoms with Gasteiger partial charge in [-0.05, 0) is 79.3 Å². The molecule has 3 atom stereocenters. The molecule has 1 aliphatic carbocycles. The highest BCUT2D eigenvalue weighted by molar-refractivity contribution is 6.06. The summed E-state index contributed by atoms with van der Waals surface area (Å²) >= 11 is 0. The molecule has 2 aromatic rings. The monoisotopic (exact) mass is 430 g/mol. The van der Waals surface area contributed by atoms with Crippen molar-refractivity contribution in [2.45, 2.75) is 50.7 Å². The summed E-state index contributed by atoms with van der Waals surface area (Å²) in [6.07, 6.45) is 6.02. The highest BCUT2D eigenvalue weighted by Crippen LogP contribution is 2.33. The smallest absolute Gasteiger partial charge is 0.260 e. The average molecular weight is 431 g/mol. The number of benzene rings is 2. The number of guanidine groups is 1. The first-order valence-electron chi connectivity index (χ1n) is 11.3. The number of fused-ring (bicyclic) bond motifs is 2. The number of carbonyl (C=O) groups is 1. The summed E-state index contributed by atoms with van der Waals surface area (Å²) < 4.78 is 5.62. The first-order chi connectivity index (χ1) is 15.5. The van der Waals surface area contributed by atoms with E-state index in [1.807, 2.05) is 36.4 Å². The molecule has 1 amide bonds. The Labute approximate surface area is 189 Å². The van der Waals surface area contributed by atoms with E-state index in [0.29, 0.717) is 17.0 Å². The predicted molar refractivity (Wildman–Crippen MR) is 125 cm³/mol. The van der Waals surface area contributed by atoms with Gasteiger partial charge in [0.1, 0.15) is 0 Å². The minimum absolute atomic E-state index is 0.111. The number of ether oxygens (including phenoxy) is 1. The van der Waals surface area contributed by atoms with Gasteiger partial charge < -0.3 is 10.5 Å². The van der Waals surface area contributed by atoms with E-state index in [9.17, 15) is 10.1 Å². The summed E-state index contributed by atoms with van der Waals surface area (Å²) in [6, 6.07) is 15.7. The van der Waals surface area contributed by atoms with Gasteiger partial charge in [0.25, 0.3) is 5.91 Å². The van der Waals surface area contributed by atoms with E-state index in [0.717, 1.165) is 55.2 Å². The van der Waals surface area contributed by atoms with Crippen molar-refractivity contribution in [2.24, 2.45) is 16.6 Å². The molecule has 6 nitrogen and oxygen atoms in total. The molecular weight excluding hydrogens is 400 g/mol. The quantitative estimate of drug-likeness (QED) is 0.775. The molecule has 6 heteroatoms. The Morgan fingerprint density at radius 3 is 2.66 bits per heavy atom. The normalized spacial score (nSPS) is 23.9. The second-order valence-electron chi connectivity index (χ2n) is 8.79. The van der Waals surface area contributed by atoms with Crippen LogP contribution in [-0.4, -0.2) is 43.1 Å². The lowest BCUT2D eigenvalue weighted by molar-refractivity contribution is 0.0866. The molecule has 3 unspecified atom stereocenters. The largest absolute Gasteiger partial charge is 0.381 e. The van der Waals surface area contributed by atoms with Crippen LogP contribution >= 0.6 is 0 Å². The third-order valence-corrected chi connectivity index (χ3v) is 6.92. The molecule has 1 heterocycles. The number of nitrogens with two attached hydrogens (primary N) is 1. The molecule has 2 aliphatic rings. The molecule has 0 spiro atoms. The lowest BCUT2D eigenvalue weighted by Gasteiger charge is -2.27. The Kier molecular flexibility index (Phi) is 6.57. The molecule has 1 saturated carbocycles. The topological polar surface area (TPSA) is 91.7 Å². The van der Waals surface area contributed by atoms with Crippen molar-refractivity contribution in [2.75, 3.05) is 14.2 Å². The maximum atomic E-state index is 13.4. The van der Waals surface area contributed by atoms with Crippen molar-refractivity contribution in [1.82, 2.24) is 4.90 Å². The lowest BCUT2D eigenvalue weighted by Crippen LogP contribution is -2.41. The maximum Gasteiger partial charge on any atom is 0.260 e. The highest BCUT2D eigenvalue weighted by Gasteiger charge is 2.30. The van der Waals surface area contributed by atoms with Crippen LogP contribution in [0.3, 0.4) is 0 Å². The molecule has 1 fully saturated rings. The van der Waals surface area contributed by atoms with Gasteiger partial charge in [-0.2, -0.15) is 5.26 Å². The molecule has 0 radical (unpaired) electrons. The zero-order chi connectivity index (χ0) is 22.7. The minimum atomic E-state index is -0.152. The summed E-state index contributed by atoms with van der Waals surface area (Å²) in [5.74, 6) is 0.530. The van der Waals surface area contributed by atoms with Crippen molar-refractivity contribution in [1.29, 1.82) is 5.26 Å². The van der Waals surface area contributed by atoms with Gasteiger partial charge in [0.2, 0.25) is 0 Å². The average Bonchev–Trinajstić information content (AvgIpc) is 3.03. The molecule has 0 saturated heterocycles. The molecule has 1 aliphatic heterocycles. The third kappa shape index (κ3) is 4.53. The van der Waals surface area contributed by atoms with Gasteiger partial charge in [-0.25, -0.2) is 4.99 Å². The number of rotatable bonds is 2. The Bertz CT molecular complexity index is 1070. The number of hydrogen-bond acceptors (Lipinski definition) is 5. The molecule has 2 aromatic carbocycles. The number of carbonyl (C=O) groups excluding carboxylic acids is 1. The van der Waals surface area contributed by atoms with Gasteiger partial charge in [-0.1, -0.05) is 24.3 Å². The van der Waals surface area contributed by atoms with Crippen LogP contribution in [0.1, 0.15) is 53.6 Å². The molecule has 166 valence electrons. The van der Waals surface area contributed by atoms with E-state index in [4.69, 9.17) is 15.5 Å². The zero-order valence-electron chi connectivity index (χ0n) is 18.8. The van der Waals surface area contributed by atoms with Crippen molar-refractivity contribution in [3.05, 3.63) is 59.2 Å². The van der Waals surface area contributed by atoms with Gasteiger partial charge in [-0.15, -0.1) is 0 Å². The van der Waals surface area contributed by atoms with Crippen molar-refractivity contribution in [3.63, 3.8) is 0 Å². The summed E-state index contributed by atoms with van der Waals surface area (Å²) in [6.45, 7) is 0. The summed E-state index contributed by atoms with van der Waals surface area (Å²) in [7, 11) is 3.47. The number of methoxy groups -OCH3 is 1. The van der Waals surface area contributed by atoms with Crippen LogP contribution < -0.4 is 5.73 Å². The Morgan fingerprint density at radius 2 is 1.88 bits per heavy atom. The molecule has 32 heavy (non-hydrogen) atoms. The fourth-order valence-corrected chi connectivity index (χ4v) is 4.89. The second kappa shape index (κ2) is 9.54. The van der Waals surface area contributed by atoms with Crippen LogP contribution in [0, 0.1) is 17.2 Å². The van der Waals surface area contributed by atoms with E-state index >= 15 is 0 Å². The van der Waals surface area contributed by atoms with Crippen molar-refractivity contribution >= 4 is 11.9 Å². The highest BCUT2D eigenvalue weighted by atomic mass is 16.5. The van der Waals surface area contributed by atoms with Crippen LogP contribution in [0.4, 0.5) is 0 Å². The number of nitriles is 1. The predicted octanol–water partition coefficient (Wildman–Crippen LogP) is 4.13. The van der Waals surface area contributed by atoms with Crippen molar-refractivity contribution in [3.8, 4) is 17.2 Å². The summed E-state index contributed by atoms with van der Waals surface area (Å²) in [4.78, 5) is 19.7. The number of nitrogens with zero attached hydrogens (tertiary/aromatic N) is 3. The Morgan fingerprint density at radius 1 is 1.09 bits per heavy atom. The van der Waals surface area contributed by atoms with Crippen molar-refractivity contribution < 1.29 is 9.53 Å². The maximum absolute atomic E-state index is 13.4. The Hall–Kier alpha value is -3.17. The third-order valence-electron chi connectivity index (χ3n) is 6.92.